The number of morpholine rings is 1. The van der Waals surface area contributed by atoms with E-state index in [9.17, 15) is 9.59 Å². The number of carbonyl (C=O) groups is 1. The highest BCUT2D eigenvalue weighted by Gasteiger charge is 2.16. The standard InChI is InChI=1S/C22H26N2O5/c1-14-13-28-19-12-20-18(11-17(14)19)15(2)16(22(26)29-20)3-4-21(25)23-5-6-24-7-9-27-10-8-24/h11-13H,3-10H2,1-2H3,(H,23,25)/p+1. The fourth-order valence-electron chi connectivity index (χ4n) is 3.94. The van der Waals surface area contributed by atoms with Gasteiger partial charge in [-0.15, -0.1) is 0 Å². The number of aryl methyl sites for hydroxylation is 2. The van der Waals surface area contributed by atoms with Crippen molar-refractivity contribution in [3.05, 3.63) is 45.5 Å². The molecule has 0 saturated carbocycles. The maximum atomic E-state index is 12.5. The molecule has 0 bridgehead atoms. The number of furan rings is 1. The molecular formula is C22H27N2O5+. The minimum Gasteiger partial charge on any atom is -0.464 e. The highest BCUT2D eigenvalue weighted by atomic mass is 16.5. The Morgan fingerprint density at radius 3 is 2.72 bits per heavy atom. The van der Waals surface area contributed by atoms with Crippen LogP contribution in [0.15, 0.2) is 32.0 Å². The summed E-state index contributed by atoms with van der Waals surface area (Å²) in [6.45, 7) is 8.96. The van der Waals surface area contributed by atoms with Crippen LogP contribution in [0, 0.1) is 13.8 Å². The third-order valence-corrected chi connectivity index (χ3v) is 5.78. The van der Waals surface area contributed by atoms with Crippen molar-refractivity contribution in [2.75, 3.05) is 39.4 Å². The van der Waals surface area contributed by atoms with Crippen molar-refractivity contribution in [1.29, 1.82) is 0 Å². The van der Waals surface area contributed by atoms with E-state index in [-0.39, 0.29) is 18.0 Å². The van der Waals surface area contributed by atoms with E-state index in [2.05, 4.69) is 5.32 Å². The lowest BCUT2D eigenvalue weighted by molar-refractivity contribution is -0.906. The van der Waals surface area contributed by atoms with E-state index in [1.807, 2.05) is 19.9 Å². The molecular weight excluding hydrogens is 372 g/mol. The minimum atomic E-state index is -0.386. The van der Waals surface area contributed by atoms with Crippen molar-refractivity contribution in [2.45, 2.75) is 26.7 Å². The summed E-state index contributed by atoms with van der Waals surface area (Å²) in [6, 6.07) is 3.76. The molecule has 29 heavy (non-hydrogen) atoms. The number of quaternary nitrogens is 1. The molecule has 1 aliphatic heterocycles. The van der Waals surface area contributed by atoms with Gasteiger partial charge >= 0.3 is 5.63 Å². The lowest BCUT2D eigenvalue weighted by Gasteiger charge is -2.23. The molecule has 7 heteroatoms. The molecule has 4 rings (SSSR count). The van der Waals surface area contributed by atoms with E-state index in [4.69, 9.17) is 13.6 Å². The fourth-order valence-corrected chi connectivity index (χ4v) is 3.94. The first-order valence-electron chi connectivity index (χ1n) is 10.1. The van der Waals surface area contributed by atoms with Gasteiger partial charge in [-0.2, -0.15) is 0 Å². The third kappa shape index (κ3) is 4.21. The second-order valence-electron chi connectivity index (χ2n) is 7.72. The van der Waals surface area contributed by atoms with Gasteiger partial charge in [0.15, 0.2) is 0 Å². The lowest BCUT2D eigenvalue weighted by atomic mass is 10.0. The maximum absolute atomic E-state index is 12.5. The Balaban J connectivity index is 1.43. The van der Waals surface area contributed by atoms with E-state index in [0.717, 1.165) is 54.7 Å². The monoisotopic (exact) mass is 399 g/mol. The highest BCUT2D eigenvalue weighted by Crippen LogP contribution is 2.28. The third-order valence-electron chi connectivity index (χ3n) is 5.78. The normalized spacial score (nSPS) is 15.2. The number of carbonyl (C=O) groups excluding carboxylic acids is 1. The lowest BCUT2D eigenvalue weighted by Crippen LogP contribution is -3.14. The van der Waals surface area contributed by atoms with Crippen molar-refractivity contribution in [2.24, 2.45) is 0 Å². The van der Waals surface area contributed by atoms with Gasteiger partial charge in [-0.3, -0.25) is 4.79 Å². The number of hydrogen-bond donors (Lipinski definition) is 2. The maximum Gasteiger partial charge on any atom is 0.339 e. The number of rotatable bonds is 6. The van der Waals surface area contributed by atoms with Gasteiger partial charge in [0.05, 0.1) is 32.6 Å². The second-order valence-corrected chi connectivity index (χ2v) is 7.72. The Labute approximate surface area is 168 Å². The molecule has 0 spiro atoms. The van der Waals surface area contributed by atoms with Crippen LogP contribution in [0.25, 0.3) is 21.9 Å². The van der Waals surface area contributed by atoms with Crippen LogP contribution >= 0.6 is 0 Å². The average molecular weight is 399 g/mol. The Kier molecular flexibility index (Phi) is 5.69. The molecule has 0 atom stereocenters. The van der Waals surface area contributed by atoms with Crippen molar-refractivity contribution in [3.8, 4) is 0 Å². The number of benzene rings is 1. The number of hydrogen-bond acceptors (Lipinski definition) is 5. The molecule has 3 aromatic rings. The molecule has 7 nitrogen and oxygen atoms in total. The minimum absolute atomic E-state index is 0.0438. The Hall–Kier alpha value is -2.64. The Morgan fingerprint density at radius 2 is 1.93 bits per heavy atom. The van der Waals surface area contributed by atoms with Gasteiger partial charge in [0, 0.05) is 28.8 Å². The zero-order valence-electron chi connectivity index (χ0n) is 16.9. The van der Waals surface area contributed by atoms with Gasteiger partial charge in [0.1, 0.15) is 24.3 Å². The summed E-state index contributed by atoms with van der Waals surface area (Å²) in [4.78, 5) is 26.2. The predicted molar refractivity (Wildman–Crippen MR) is 109 cm³/mol. The SMILES string of the molecule is Cc1coc2cc3oc(=O)c(CCC(=O)NCC[NH+]4CCOCC4)c(C)c3cc12. The topological polar surface area (TPSA) is 86.1 Å². The molecule has 0 unspecified atom stereocenters. The Morgan fingerprint density at radius 1 is 1.14 bits per heavy atom. The van der Waals surface area contributed by atoms with Crippen molar-refractivity contribution in [1.82, 2.24) is 5.32 Å². The summed E-state index contributed by atoms with van der Waals surface area (Å²) in [5, 5.41) is 4.84. The van der Waals surface area contributed by atoms with Crippen LogP contribution in [-0.4, -0.2) is 45.3 Å². The van der Waals surface area contributed by atoms with Crippen molar-refractivity contribution >= 4 is 27.8 Å². The smallest absolute Gasteiger partial charge is 0.339 e. The second kappa shape index (κ2) is 8.39. The van der Waals surface area contributed by atoms with E-state index < -0.39 is 0 Å². The van der Waals surface area contributed by atoms with Crippen LogP contribution in [0.5, 0.6) is 0 Å². The van der Waals surface area contributed by atoms with Gasteiger partial charge in [-0.1, -0.05) is 0 Å². The van der Waals surface area contributed by atoms with Gasteiger partial charge in [-0.05, 0) is 37.5 Å². The van der Waals surface area contributed by atoms with Crippen LogP contribution in [0.4, 0.5) is 0 Å². The van der Waals surface area contributed by atoms with Crippen molar-refractivity contribution in [3.63, 3.8) is 0 Å². The first-order valence-corrected chi connectivity index (χ1v) is 10.1. The summed E-state index contributed by atoms with van der Waals surface area (Å²) in [5.41, 5.74) is 3.29. The number of nitrogens with one attached hydrogen (secondary N) is 2. The summed E-state index contributed by atoms with van der Waals surface area (Å²) < 4.78 is 16.4. The molecule has 1 aromatic carbocycles. The summed E-state index contributed by atoms with van der Waals surface area (Å²) >= 11 is 0. The molecule has 1 aliphatic rings. The highest BCUT2D eigenvalue weighted by molar-refractivity contribution is 5.96. The summed E-state index contributed by atoms with van der Waals surface area (Å²) in [5.74, 6) is -0.0438. The molecule has 2 aromatic heterocycles. The summed E-state index contributed by atoms with van der Waals surface area (Å²) in [7, 11) is 0. The summed E-state index contributed by atoms with van der Waals surface area (Å²) in [6.07, 6.45) is 2.33. The number of ether oxygens (including phenoxy) is 1. The van der Waals surface area contributed by atoms with Crippen LogP contribution in [-0.2, 0) is 16.0 Å². The molecule has 154 valence electrons. The predicted octanol–water partition coefficient (Wildman–Crippen LogP) is 1.12. The first-order chi connectivity index (χ1) is 14.0. The zero-order chi connectivity index (χ0) is 20.4. The quantitative estimate of drug-likeness (QED) is 0.607. The van der Waals surface area contributed by atoms with Gasteiger partial charge in [0.2, 0.25) is 5.91 Å². The number of fused-ring (bicyclic) bond motifs is 2. The van der Waals surface area contributed by atoms with Crippen LogP contribution in [0.1, 0.15) is 23.1 Å². The van der Waals surface area contributed by atoms with Crippen LogP contribution in [0.3, 0.4) is 0 Å². The van der Waals surface area contributed by atoms with E-state index >= 15 is 0 Å². The van der Waals surface area contributed by atoms with Crippen LogP contribution in [0.2, 0.25) is 0 Å². The van der Waals surface area contributed by atoms with E-state index in [1.54, 1.807) is 12.3 Å². The first kappa shape index (κ1) is 19.7. The Bertz CT molecular complexity index is 1090. The molecule has 1 saturated heterocycles. The molecule has 0 radical (unpaired) electrons. The van der Waals surface area contributed by atoms with Crippen LogP contribution < -0.4 is 15.8 Å². The molecule has 1 amide bonds. The fraction of sp³-hybridized carbons (Fsp3) is 0.455. The largest absolute Gasteiger partial charge is 0.464 e. The van der Waals surface area contributed by atoms with Gasteiger partial charge in [0.25, 0.3) is 0 Å². The zero-order valence-corrected chi connectivity index (χ0v) is 16.9. The van der Waals surface area contributed by atoms with E-state index in [0.29, 0.717) is 29.7 Å². The molecule has 0 aliphatic carbocycles. The molecule has 3 heterocycles. The van der Waals surface area contributed by atoms with Gasteiger partial charge < -0.3 is 23.8 Å². The average Bonchev–Trinajstić information content (AvgIpc) is 3.07. The molecule has 2 N–H and O–H groups in total. The molecule has 1 fully saturated rings. The van der Waals surface area contributed by atoms with E-state index in [1.165, 1.54) is 4.90 Å². The van der Waals surface area contributed by atoms with Gasteiger partial charge in [-0.25, -0.2) is 4.79 Å². The number of amides is 1. The van der Waals surface area contributed by atoms with Crippen molar-refractivity contribution < 1.29 is 23.3 Å².